The van der Waals surface area contributed by atoms with Crippen LogP contribution in [0.1, 0.15) is 39.2 Å². The Bertz CT molecular complexity index is 970. The van der Waals surface area contributed by atoms with Gasteiger partial charge in [-0.05, 0) is 44.0 Å². The molecule has 6 nitrogen and oxygen atoms in total. The molecule has 0 amide bonds. The predicted octanol–water partition coefficient (Wildman–Crippen LogP) is 5.26. The van der Waals surface area contributed by atoms with Crippen molar-refractivity contribution >= 4 is 0 Å². The molecule has 0 radical (unpaired) electrons. The first-order valence-corrected chi connectivity index (χ1v) is 11.3. The molecule has 0 aliphatic carbocycles. The van der Waals surface area contributed by atoms with Crippen molar-refractivity contribution in [1.29, 1.82) is 0 Å². The fraction of sp³-hybridized carbons (Fsp3) is 0.423. The summed E-state index contributed by atoms with van der Waals surface area (Å²) < 4.78 is 13.4. The van der Waals surface area contributed by atoms with Crippen LogP contribution in [-0.2, 0) is 13.6 Å². The van der Waals surface area contributed by atoms with E-state index in [4.69, 9.17) is 14.6 Å². The summed E-state index contributed by atoms with van der Waals surface area (Å²) in [6.45, 7) is 7.63. The third kappa shape index (κ3) is 5.69. The molecule has 0 spiro atoms. The lowest BCUT2D eigenvalue weighted by atomic mass is 10.1. The second-order valence-corrected chi connectivity index (χ2v) is 8.15. The Morgan fingerprint density at radius 2 is 1.66 bits per heavy atom. The maximum absolute atomic E-state index is 10.4. The molecule has 1 heterocycles. The Labute approximate surface area is 191 Å². The van der Waals surface area contributed by atoms with Crippen molar-refractivity contribution in [2.24, 2.45) is 7.05 Å². The molecule has 0 saturated carbocycles. The minimum Gasteiger partial charge on any atom is -0.497 e. The average molecular weight is 438 g/mol. The van der Waals surface area contributed by atoms with Gasteiger partial charge >= 0.3 is 0 Å². The van der Waals surface area contributed by atoms with Crippen molar-refractivity contribution in [2.75, 3.05) is 13.7 Å². The van der Waals surface area contributed by atoms with Gasteiger partial charge in [0.05, 0.1) is 18.8 Å². The monoisotopic (exact) mass is 437 g/mol. The summed E-state index contributed by atoms with van der Waals surface area (Å²) in [7, 11) is 3.55. The first-order chi connectivity index (χ1) is 15.5. The number of rotatable bonds is 11. The fourth-order valence-electron chi connectivity index (χ4n) is 3.67. The largest absolute Gasteiger partial charge is 0.497 e. The van der Waals surface area contributed by atoms with Gasteiger partial charge in [-0.15, -0.1) is 0 Å². The minimum absolute atomic E-state index is 0.314. The lowest BCUT2D eigenvalue weighted by molar-refractivity contribution is 0.0820. The highest BCUT2D eigenvalue weighted by molar-refractivity contribution is 5.65. The van der Waals surface area contributed by atoms with E-state index >= 15 is 0 Å². The van der Waals surface area contributed by atoms with Crippen molar-refractivity contribution in [3.8, 4) is 28.6 Å². The summed E-state index contributed by atoms with van der Waals surface area (Å²) >= 11 is 0. The number of hydrogen-bond donors (Lipinski definition) is 1. The molecule has 1 aromatic heterocycles. The van der Waals surface area contributed by atoms with Crippen LogP contribution in [0, 0.1) is 0 Å². The zero-order valence-electron chi connectivity index (χ0n) is 19.8. The summed E-state index contributed by atoms with van der Waals surface area (Å²) in [5.74, 6) is 2.20. The third-order valence-corrected chi connectivity index (χ3v) is 5.90. The number of hydrogen-bond acceptors (Lipinski definition) is 5. The maximum Gasteiger partial charge on any atom is 0.222 e. The van der Waals surface area contributed by atoms with E-state index in [2.05, 4.69) is 30.9 Å². The molecular formula is C26H35N3O3. The van der Waals surface area contributed by atoms with Crippen molar-refractivity contribution in [2.45, 2.75) is 52.3 Å². The molecule has 0 fully saturated rings. The number of benzene rings is 2. The van der Waals surface area contributed by atoms with Gasteiger partial charge in [0.1, 0.15) is 17.2 Å². The first kappa shape index (κ1) is 23.8. The number of methoxy groups -OCH3 is 1. The highest BCUT2D eigenvalue weighted by atomic mass is 16.5. The van der Waals surface area contributed by atoms with Gasteiger partial charge in [-0.1, -0.05) is 44.2 Å². The fourth-order valence-corrected chi connectivity index (χ4v) is 3.67. The lowest BCUT2D eigenvalue weighted by Crippen LogP contribution is -2.38. The molecule has 6 heteroatoms. The highest BCUT2D eigenvalue weighted by Gasteiger charge is 2.25. The molecule has 0 aliphatic rings. The second-order valence-electron chi connectivity index (χ2n) is 8.15. The van der Waals surface area contributed by atoms with Crippen LogP contribution in [0.3, 0.4) is 0 Å². The second kappa shape index (κ2) is 11.2. The van der Waals surface area contributed by atoms with E-state index in [1.54, 1.807) is 11.8 Å². The first-order valence-electron chi connectivity index (χ1n) is 11.3. The van der Waals surface area contributed by atoms with Crippen LogP contribution in [0.2, 0.25) is 0 Å². The zero-order valence-corrected chi connectivity index (χ0v) is 19.8. The van der Waals surface area contributed by atoms with Gasteiger partial charge in [0.2, 0.25) is 5.88 Å². The number of aryl methyl sites for hydroxylation is 1. The van der Waals surface area contributed by atoms with Gasteiger partial charge in [-0.25, -0.2) is 4.68 Å². The number of aromatic nitrogens is 2. The van der Waals surface area contributed by atoms with Crippen LogP contribution >= 0.6 is 0 Å². The third-order valence-electron chi connectivity index (χ3n) is 5.90. The molecule has 2 aromatic carbocycles. The van der Waals surface area contributed by atoms with E-state index in [9.17, 15) is 5.11 Å². The van der Waals surface area contributed by atoms with Crippen LogP contribution in [0.25, 0.3) is 11.3 Å². The molecule has 172 valence electrons. The molecule has 32 heavy (non-hydrogen) atoms. The van der Waals surface area contributed by atoms with E-state index in [-0.39, 0.29) is 6.10 Å². The minimum atomic E-state index is -0.369. The van der Waals surface area contributed by atoms with Gasteiger partial charge in [-0.2, -0.15) is 5.10 Å². The van der Waals surface area contributed by atoms with Crippen LogP contribution in [-0.4, -0.2) is 45.6 Å². The molecule has 0 bridgehead atoms. The van der Waals surface area contributed by atoms with E-state index < -0.39 is 0 Å². The number of aliphatic hydroxyl groups is 1. The molecular weight excluding hydrogens is 402 g/mol. The van der Waals surface area contributed by atoms with E-state index in [0.29, 0.717) is 25.0 Å². The predicted molar refractivity (Wildman–Crippen MR) is 128 cm³/mol. The summed E-state index contributed by atoms with van der Waals surface area (Å²) in [6, 6.07) is 18.0. The maximum atomic E-state index is 10.4. The number of nitrogens with zero attached hydrogens (tertiary/aromatic N) is 3. The Hall–Kier alpha value is -2.83. The summed E-state index contributed by atoms with van der Waals surface area (Å²) in [4.78, 5) is 2.32. The van der Waals surface area contributed by atoms with E-state index in [1.807, 2.05) is 56.4 Å². The van der Waals surface area contributed by atoms with Crippen molar-refractivity contribution in [3.05, 3.63) is 60.2 Å². The van der Waals surface area contributed by atoms with Crippen LogP contribution in [0.5, 0.6) is 17.4 Å². The quantitative estimate of drug-likeness (QED) is 0.443. The average Bonchev–Trinajstić information content (AvgIpc) is 3.13. The Morgan fingerprint density at radius 1 is 1.00 bits per heavy atom. The van der Waals surface area contributed by atoms with E-state index in [0.717, 1.165) is 41.2 Å². The van der Waals surface area contributed by atoms with Crippen LogP contribution < -0.4 is 9.47 Å². The van der Waals surface area contributed by atoms with Gasteiger partial charge < -0.3 is 14.6 Å². The normalized spacial score (nSPS) is 13.2. The topological polar surface area (TPSA) is 59.8 Å². The van der Waals surface area contributed by atoms with Crippen molar-refractivity contribution < 1.29 is 14.6 Å². The van der Waals surface area contributed by atoms with Crippen molar-refractivity contribution in [1.82, 2.24) is 14.7 Å². The molecule has 3 aromatic rings. The Kier molecular flexibility index (Phi) is 8.31. The molecule has 0 unspecified atom stereocenters. The molecule has 3 rings (SSSR count). The molecule has 2 atom stereocenters. The Balaban J connectivity index is 2.03. The van der Waals surface area contributed by atoms with Gasteiger partial charge in [0.15, 0.2) is 0 Å². The van der Waals surface area contributed by atoms with Gasteiger partial charge in [-0.3, -0.25) is 4.90 Å². The van der Waals surface area contributed by atoms with Gasteiger partial charge in [0.25, 0.3) is 0 Å². The standard InChI is InChI=1S/C26H35N3O3/c1-6-19(3)29(17-21(30)7-2)18-24-25(20-11-9-8-10-12-20)27-28(4)26(24)32-23-15-13-22(31-5)14-16-23/h8-16,19,21,30H,6-7,17-18H2,1-5H3/t19-,21-/m1/s1. The lowest BCUT2D eigenvalue weighted by Gasteiger charge is -2.30. The van der Waals surface area contributed by atoms with E-state index in [1.165, 1.54) is 0 Å². The summed E-state index contributed by atoms with van der Waals surface area (Å²) in [5.41, 5.74) is 2.96. The van der Waals surface area contributed by atoms with Crippen LogP contribution in [0.4, 0.5) is 0 Å². The summed E-state index contributed by atoms with van der Waals surface area (Å²) in [6.07, 6.45) is 1.35. The number of ether oxygens (including phenoxy) is 2. The molecule has 0 saturated heterocycles. The van der Waals surface area contributed by atoms with Gasteiger partial charge in [0, 0.05) is 31.7 Å². The Morgan fingerprint density at radius 3 is 2.25 bits per heavy atom. The summed E-state index contributed by atoms with van der Waals surface area (Å²) in [5, 5.41) is 15.2. The SMILES string of the molecule is CC[C@@H](O)CN(Cc1c(-c2ccccc2)nn(C)c1Oc1ccc(OC)cc1)[C@H](C)CC. The molecule has 0 aliphatic heterocycles. The smallest absolute Gasteiger partial charge is 0.222 e. The number of aliphatic hydroxyl groups excluding tert-OH is 1. The molecule has 1 N–H and O–H groups in total. The highest BCUT2D eigenvalue weighted by Crippen LogP contribution is 2.35. The van der Waals surface area contributed by atoms with Crippen molar-refractivity contribution in [3.63, 3.8) is 0 Å². The van der Waals surface area contributed by atoms with Crippen LogP contribution in [0.15, 0.2) is 54.6 Å². The zero-order chi connectivity index (χ0) is 23.1.